The SMILES string of the molecule is COC(=O)[C@H](C)Nc1ccsc1. The maximum Gasteiger partial charge on any atom is 0.327 e. The van der Waals surface area contributed by atoms with E-state index in [1.807, 2.05) is 16.8 Å². The van der Waals surface area contributed by atoms with Gasteiger partial charge >= 0.3 is 5.97 Å². The number of thiophene rings is 1. The number of anilines is 1. The van der Waals surface area contributed by atoms with Gasteiger partial charge in [-0.2, -0.15) is 11.3 Å². The molecule has 1 atom stereocenters. The second-order valence-electron chi connectivity index (χ2n) is 2.40. The van der Waals surface area contributed by atoms with E-state index in [-0.39, 0.29) is 12.0 Å². The minimum absolute atomic E-state index is 0.249. The van der Waals surface area contributed by atoms with Gasteiger partial charge in [0.25, 0.3) is 0 Å². The molecule has 0 aromatic carbocycles. The largest absolute Gasteiger partial charge is 0.467 e. The van der Waals surface area contributed by atoms with Crippen LogP contribution in [-0.4, -0.2) is 19.1 Å². The highest BCUT2D eigenvalue weighted by Crippen LogP contribution is 2.12. The van der Waals surface area contributed by atoms with Crippen LogP contribution < -0.4 is 5.32 Å². The average Bonchev–Trinajstić information content (AvgIpc) is 2.55. The molecule has 1 aromatic heterocycles. The zero-order chi connectivity index (χ0) is 8.97. The fourth-order valence-corrected chi connectivity index (χ4v) is 1.43. The minimum Gasteiger partial charge on any atom is -0.467 e. The molecule has 0 radical (unpaired) electrons. The normalized spacial score (nSPS) is 12.2. The van der Waals surface area contributed by atoms with Gasteiger partial charge in [-0.05, 0) is 18.4 Å². The van der Waals surface area contributed by atoms with Crippen LogP contribution in [0.2, 0.25) is 0 Å². The Morgan fingerprint density at radius 3 is 3.00 bits per heavy atom. The predicted octanol–water partition coefficient (Wildman–Crippen LogP) is 1.72. The van der Waals surface area contributed by atoms with E-state index in [1.165, 1.54) is 7.11 Å². The molecule has 1 rings (SSSR count). The van der Waals surface area contributed by atoms with E-state index in [4.69, 9.17) is 0 Å². The molecular weight excluding hydrogens is 174 g/mol. The van der Waals surface area contributed by atoms with Crippen molar-refractivity contribution < 1.29 is 9.53 Å². The molecule has 1 aromatic rings. The third-order valence-electron chi connectivity index (χ3n) is 1.46. The Labute approximate surface area is 75.4 Å². The van der Waals surface area contributed by atoms with Crippen molar-refractivity contribution in [3.05, 3.63) is 16.8 Å². The topological polar surface area (TPSA) is 38.3 Å². The highest BCUT2D eigenvalue weighted by molar-refractivity contribution is 7.08. The van der Waals surface area contributed by atoms with Gasteiger partial charge in [0.05, 0.1) is 7.11 Å². The summed E-state index contributed by atoms with van der Waals surface area (Å²) < 4.78 is 4.56. The lowest BCUT2D eigenvalue weighted by atomic mass is 10.3. The van der Waals surface area contributed by atoms with Gasteiger partial charge < -0.3 is 10.1 Å². The van der Waals surface area contributed by atoms with Gasteiger partial charge in [0.2, 0.25) is 0 Å². The van der Waals surface area contributed by atoms with E-state index < -0.39 is 0 Å². The van der Waals surface area contributed by atoms with Crippen LogP contribution in [0.4, 0.5) is 5.69 Å². The molecule has 1 N–H and O–H groups in total. The minimum atomic E-state index is -0.287. The van der Waals surface area contributed by atoms with E-state index in [2.05, 4.69) is 10.1 Å². The van der Waals surface area contributed by atoms with Crippen LogP contribution in [-0.2, 0) is 9.53 Å². The van der Waals surface area contributed by atoms with Crippen LogP contribution >= 0.6 is 11.3 Å². The van der Waals surface area contributed by atoms with Crippen molar-refractivity contribution in [3.8, 4) is 0 Å². The first kappa shape index (κ1) is 9.06. The Kier molecular flexibility index (Phi) is 3.10. The lowest BCUT2D eigenvalue weighted by Gasteiger charge is -2.10. The van der Waals surface area contributed by atoms with Crippen LogP contribution in [0.15, 0.2) is 16.8 Å². The summed E-state index contributed by atoms with van der Waals surface area (Å²) in [7, 11) is 1.38. The molecule has 0 saturated heterocycles. The summed E-state index contributed by atoms with van der Waals surface area (Å²) in [4.78, 5) is 11.0. The quantitative estimate of drug-likeness (QED) is 0.729. The maximum atomic E-state index is 11.0. The predicted molar refractivity (Wildman–Crippen MR) is 49.4 cm³/mol. The molecule has 0 bridgehead atoms. The number of carbonyl (C=O) groups is 1. The van der Waals surface area contributed by atoms with E-state index >= 15 is 0 Å². The zero-order valence-electron chi connectivity index (χ0n) is 7.03. The fraction of sp³-hybridized carbons (Fsp3) is 0.375. The number of methoxy groups -OCH3 is 1. The van der Waals surface area contributed by atoms with Gasteiger partial charge in [-0.1, -0.05) is 0 Å². The van der Waals surface area contributed by atoms with Crippen LogP contribution in [0.1, 0.15) is 6.92 Å². The first-order chi connectivity index (χ1) is 5.74. The molecule has 0 spiro atoms. The second-order valence-corrected chi connectivity index (χ2v) is 3.18. The average molecular weight is 185 g/mol. The van der Waals surface area contributed by atoms with E-state index in [1.54, 1.807) is 18.3 Å². The summed E-state index contributed by atoms with van der Waals surface area (Å²) in [5.74, 6) is -0.249. The van der Waals surface area contributed by atoms with E-state index in [0.717, 1.165) is 5.69 Å². The third kappa shape index (κ3) is 2.23. The molecule has 0 aliphatic heterocycles. The summed E-state index contributed by atoms with van der Waals surface area (Å²) in [5, 5.41) is 6.90. The number of esters is 1. The lowest BCUT2D eigenvalue weighted by Crippen LogP contribution is -2.26. The van der Waals surface area contributed by atoms with Gasteiger partial charge in [-0.3, -0.25) is 0 Å². The van der Waals surface area contributed by atoms with Gasteiger partial charge in [0.15, 0.2) is 0 Å². The summed E-state index contributed by atoms with van der Waals surface area (Å²) in [5.41, 5.74) is 0.956. The van der Waals surface area contributed by atoms with Crippen LogP contribution in [0.3, 0.4) is 0 Å². The van der Waals surface area contributed by atoms with Crippen molar-refractivity contribution in [2.75, 3.05) is 12.4 Å². The Morgan fingerprint density at radius 1 is 1.75 bits per heavy atom. The summed E-state index contributed by atoms with van der Waals surface area (Å²) in [6, 6.07) is 1.63. The fourth-order valence-electron chi connectivity index (χ4n) is 0.832. The number of hydrogen-bond donors (Lipinski definition) is 1. The van der Waals surface area contributed by atoms with Crippen molar-refractivity contribution in [1.82, 2.24) is 0 Å². The molecule has 3 nitrogen and oxygen atoms in total. The van der Waals surface area contributed by atoms with Crippen molar-refractivity contribution in [1.29, 1.82) is 0 Å². The second kappa shape index (κ2) is 4.11. The first-order valence-electron chi connectivity index (χ1n) is 3.60. The number of hydrogen-bond acceptors (Lipinski definition) is 4. The van der Waals surface area contributed by atoms with Crippen molar-refractivity contribution in [3.63, 3.8) is 0 Å². The highest BCUT2D eigenvalue weighted by Gasteiger charge is 2.11. The lowest BCUT2D eigenvalue weighted by molar-refractivity contribution is -0.141. The molecule has 66 valence electrons. The smallest absolute Gasteiger partial charge is 0.327 e. The number of rotatable bonds is 3. The van der Waals surface area contributed by atoms with Crippen LogP contribution in [0.5, 0.6) is 0 Å². The molecule has 0 aliphatic rings. The molecule has 4 heteroatoms. The van der Waals surface area contributed by atoms with Gasteiger partial charge in [-0.15, -0.1) is 0 Å². The van der Waals surface area contributed by atoms with Crippen LogP contribution in [0, 0.1) is 0 Å². The number of ether oxygens (including phenoxy) is 1. The summed E-state index contributed by atoms with van der Waals surface area (Å²) in [6.45, 7) is 1.77. The molecule has 0 unspecified atom stereocenters. The Morgan fingerprint density at radius 2 is 2.50 bits per heavy atom. The molecule has 0 aliphatic carbocycles. The maximum absolute atomic E-state index is 11.0. The molecule has 0 amide bonds. The van der Waals surface area contributed by atoms with Gasteiger partial charge in [-0.25, -0.2) is 4.79 Å². The van der Waals surface area contributed by atoms with Crippen LogP contribution in [0.25, 0.3) is 0 Å². The third-order valence-corrected chi connectivity index (χ3v) is 2.14. The highest BCUT2D eigenvalue weighted by atomic mass is 32.1. The van der Waals surface area contributed by atoms with Gasteiger partial charge in [0, 0.05) is 11.1 Å². The Hall–Kier alpha value is -1.03. The molecule has 1 heterocycles. The zero-order valence-corrected chi connectivity index (χ0v) is 7.85. The van der Waals surface area contributed by atoms with E-state index in [9.17, 15) is 4.79 Å². The molecular formula is C8H11NO2S. The van der Waals surface area contributed by atoms with Gasteiger partial charge in [0.1, 0.15) is 6.04 Å². The summed E-state index contributed by atoms with van der Waals surface area (Å²) in [6.07, 6.45) is 0. The molecule has 0 saturated carbocycles. The first-order valence-corrected chi connectivity index (χ1v) is 4.55. The number of nitrogens with one attached hydrogen (secondary N) is 1. The van der Waals surface area contributed by atoms with Crippen molar-refractivity contribution >= 4 is 23.0 Å². The van der Waals surface area contributed by atoms with Crippen molar-refractivity contribution in [2.45, 2.75) is 13.0 Å². The Bertz CT molecular complexity index is 246. The standard InChI is InChI=1S/C8H11NO2S/c1-6(8(10)11-2)9-7-3-4-12-5-7/h3-6,9H,1-2H3/t6-/m0/s1. The Balaban J connectivity index is 2.47. The molecule has 0 fully saturated rings. The monoisotopic (exact) mass is 185 g/mol. The van der Waals surface area contributed by atoms with Crippen molar-refractivity contribution in [2.24, 2.45) is 0 Å². The number of carbonyl (C=O) groups excluding carboxylic acids is 1. The summed E-state index contributed by atoms with van der Waals surface area (Å²) >= 11 is 1.59. The molecule has 12 heavy (non-hydrogen) atoms. The van der Waals surface area contributed by atoms with E-state index in [0.29, 0.717) is 0 Å².